The van der Waals surface area contributed by atoms with Gasteiger partial charge >= 0.3 is 0 Å². The number of nitrogens with one attached hydrogen (secondary N) is 1. The summed E-state index contributed by atoms with van der Waals surface area (Å²) in [4.78, 5) is 2.09. The van der Waals surface area contributed by atoms with Crippen LogP contribution in [0.1, 0.15) is 5.56 Å². The molecule has 0 atom stereocenters. The van der Waals surface area contributed by atoms with Gasteiger partial charge in [0.15, 0.2) is 0 Å². The summed E-state index contributed by atoms with van der Waals surface area (Å²) in [7, 11) is 3.95. The van der Waals surface area contributed by atoms with Crippen molar-refractivity contribution in [1.29, 1.82) is 0 Å². The number of hydrogen-bond donors (Lipinski definition) is 1. The van der Waals surface area contributed by atoms with Gasteiger partial charge in [-0.1, -0.05) is 35.9 Å². The Morgan fingerprint density at radius 2 is 1.83 bits per heavy atom. The van der Waals surface area contributed by atoms with Gasteiger partial charge in [0.25, 0.3) is 0 Å². The molecular weight excluding hydrogens is 244 g/mol. The fourth-order valence-electron chi connectivity index (χ4n) is 1.93. The number of nitrogens with zero attached hydrogens (tertiary/aromatic N) is 1. The van der Waals surface area contributed by atoms with E-state index >= 15 is 0 Å². The van der Waals surface area contributed by atoms with Crippen LogP contribution in [0.2, 0.25) is 5.02 Å². The predicted octanol–water partition coefficient (Wildman–Crippen LogP) is 3.83. The Labute approximate surface area is 113 Å². The smallest absolute Gasteiger partial charge is 0.0646 e. The van der Waals surface area contributed by atoms with Gasteiger partial charge in [0, 0.05) is 19.3 Å². The van der Waals surface area contributed by atoms with Crippen molar-refractivity contribution in [2.24, 2.45) is 0 Å². The highest BCUT2D eigenvalue weighted by atomic mass is 35.5. The number of para-hydroxylation sites is 1. The normalized spacial score (nSPS) is 10.4. The van der Waals surface area contributed by atoms with E-state index in [1.807, 2.05) is 38.4 Å². The van der Waals surface area contributed by atoms with Crippen LogP contribution in [0.25, 0.3) is 0 Å². The van der Waals surface area contributed by atoms with Gasteiger partial charge < -0.3 is 10.2 Å². The van der Waals surface area contributed by atoms with Crippen molar-refractivity contribution in [1.82, 2.24) is 5.32 Å². The monoisotopic (exact) mass is 260 g/mol. The van der Waals surface area contributed by atoms with E-state index in [0.29, 0.717) is 0 Å². The highest BCUT2D eigenvalue weighted by Crippen LogP contribution is 2.31. The minimum Gasteiger partial charge on any atom is -0.343 e. The second kappa shape index (κ2) is 5.89. The maximum atomic E-state index is 6.34. The minimum atomic E-state index is 0.772. The fraction of sp³-hybridized carbons (Fsp3) is 0.200. The maximum absolute atomic E-state index is 6.34. The van der Waals surface area contributed by atoms with Gasteiger partial charge in [-0.25, -0.2) is 0 Å². The van der Waals surface area contributed by atoms with E-state index < -0.39 is 0 Å². The van der Waals surface area contributed by atoms with Crippen LogP contribution in [0.3, 0.4) is 0 Å². The maximum Gasteiger partial charge on any atom is 0.0646 e. The zero-order chi connectivity index (χ0) is 13.0. The second-order valence-corrected chi connectivity index (χ2v) is 4.62. The molecule has 0 heterocycles. The molecule has 0 radical (unpaired) electrons. The van der Waals surface area contributed by atoms with Crippen LogP contribution < -0.4 is 10.2 Å². The van der Waals surface area contributed by atoms with E-state index in [0.717, 1.165) is 22.9 Å². The van der Waals surface area contributed by atoms with Crippen molar-refractivity contribution in [2.45, 2.75) is 6.54 Å². The van der Waals surface area contributed by atoms with Crippen LogP contribution in [0.5, 0.6) is 0 Å². The molecule has 2 nitrogen and oxygen atoms in total. The predicted molar refractivity (Wildman–Crippen MR) is 78.7 cm³/mol. The quantitative estimate of drug-likeness (QED) is 0.899. The van der Waals surface area contributed by atoms with Crippen LogP contribution in [0, 0.1) is 0 Å². The molecule has 2 aromatic carbocycles. The first-order valence-electron chi connectivity index (χ1n) is 5.94. The largest absolute Gasteiger partial charge is 0.343 e. The average molecular weight is 261 g/mol. The van der Waals surface area contributed by atoms with Crippen molar-refractivity contribution in [3.63, 3.8) is 0 Å². The van der Waals surface area contributed by atoms with Gasteiger partial charge in [-0.3, -0.25) is 0 Å². The van der Waals surface area contributed by atoms with E-state index in [4.69, 9.17) is 11.6 Å². The number of benzene rings is 2. The fourth-order valence-corrected chi connectivity index (χ4v) is 2.26. The highest BCUT2D eigenvalue weighted by Gasteiger charge is 2.08. The molecule has 1 N–H and O–H groups in total. The number of anilines is 2. The summed E-state index contributed by atoms with van der Waals surface area (Å²) in [5.41, 5.74) is 3.33. The summed E-state index contributed by atoms with van der Waals surface area (Å²) >= 11 is 6.34. The zero-order valence-electron chi connectivity index (χ0n) is 10.7. The summed E-state index contributed by atoms with van der Waals surface area (Å²) in [5.74, 6) is 0. The molecule has 0 aliphatic carbocycles. The molecular formula is C15H17ClN2. The molecule has 0 aliphatic heterocycles. The van der Waals surface area contributed by atoms with Crippen LogP contribution >= 0.6 is 11.6 Å². The molecule has 2 aromatic rings. The van der Waals surface area contributed by atoms with Crippen LogP contribution in [0.15, 0.2) is 48.5 Å². The summed E-state index contributed by atoms with van der Waals surface area (Å²) in [6.45, 7) is 0.828. The van der Waals surface area contributed by atoms with E-state index in [9.17, 15) is 0 Å². The molecule has 3 heteroatoms. The van der Waals surface area contributed by atoms with Crippen molar-refractivity contribution < 1.29 is 0 Å². The third-order valence-electron chi connectivity index (χ3n) is 2.90. The van der Waals surface area contributed by atoms with Crippen LogP contribution in [0.4, 0.5) is 11.4 Å². The average Bonchev–Trinajstić information content (AvgIpc) is 2.40. The Morgan fingerprint density at radius 3 is 2.44 bits per heavy atom. The van der Waals surface area contributed by atoms with Crippen molar-refractivity contribution in [3.8, 4) is 0 Å². The Morgan fingerprint density at radius 1 is 1.11 bits per heavy atom. The van der Waals surface area contributed by atoms with Gasteiger partial charge in [-0.15, -0.1) is 0 Å². The Balaban J connectivity index is 2.28. The highest BCUT2D eigenvalue weighted by molar-refractivity contribution is 6.33. The van der Waals surface area contributed by atoms with Crippen molar-refractivity contribution in [3.05, 3.63) is 59.1 Å². The first kappa shape index (κ1) is 12.9. The molecule has 2 rings (SSSR count). The number of hydrogen-bond acceptors (Lipinski definition) is 2. The van der Waals surface area contributed by atoms with E-state index in [-0.39, 0.29) is 0 Å². The summed E-state index contributed by atoms with van der Waals surface area (Å²) in [6, 6.07) is 16.3. The molecule has 0 saturated carbocycles. The van der Waals surface area contributed by atoms with Gasteiger partial charge in [0.05, 0.1) is 10.7 Å². The first-order valence-corrected chi connectivity index (χ1v) is 6.32. The molecule has 0 fully saturated rings. The second-order valence-electron chi connectivity index (χ2n) is 4.21. The SMILES string of the molecule is CNCc1ccc(N(C)c2ccccc2)c(Cl)c1. The molecule has 94 valence electrons. The van der Waals surface area contributed by atoms with Crippen LogP contribution in [-0.4, -0.2) is 14.1 Å². The molecule has 0 spiro atoms. The van der Waals surface area contributed by atoms with Crippen molar-refractivity contribution in [2.75, 3.05) is 19.0 Å². The zero-order valence-corrected chi connectivity index (χ0v) is 11.4. The van der Waals surface area contributed by atoms with Crippen molar-refractivity contribution >= 4 is 23.0 Å². The standard InChI is InChI=1S/C15H17ClN2/c1-17-11-12-8-9-15(14(16)10-12)18(2)13-6-4-3-5-7-13/h3-10,17H,11H2,1-2H3. The molecule has 0 unspecified atom stereocenters. The molecule has 0 saturated heterocycles. The van der Waals surface area contributed by atoms with E-state index in [1.54, 1.807) is 0 Å². The van der Waals surface area contributed by atoms with Gasteiger partial charge in [-0.2, -0.15) is 0 Å². The summed E-state index contributed by atoms with van der Waals surface area (Å²) in [5, 5.41) is 3.89. The van der Waals surface area contributed by atoms with Gasteiger partial charge in [0.1, 0.15) is 0 Å². The van der Waals surface area contributed by atoms with E-state index in [2.05, 4.69) is 34.5 Å². The first-order chi connectivity index (χ1) is 8.72. The lowest BCUT2D eigenvalue weighted by Crippen LogP contribution is -2.10. The summed E-state index contributed by atoms with van der Waals surface area (Å²) < 4.78 is 0. The lowest BCUT2D eigenvalue weighted by molar-refractivity contribution is 0.818. The Bertz CT molecular complexity index is 511. The Hall–Kier alpha value is -1.51. The topological polar surface area (TPSA) is 15.3 Å². The summed E-state index contributed by atoms with van der Waals surface area (Å²) in [6.07, 6.45) is 0. The van der Waals surface area contributed by atoms with E-state index in [1.165, 1.54) is 5.56 Å². The molecule has 0 aromatic heterocycles. The van der Waals surface area contributed by atoms with Crippen LogP contribution in [-0.2, 0) is 6.54 Å². The lowest BCUT2D eigenvalue weighted by Gasteiger charge is -2.21. The molecule has 0 aliphatic rings. The Kier molecular flexibility index (Phi) is 4.24. The molecule has 0 amide bonds. The minimum absolute atomic E-state index is 0.772. The number of rotatable bonds is 4. The third kappa shape index (κ3) is 2.84. The lowest BCUT2D eigenvalue weighted by atomic mass is 10.2. The number of halogens is 1. The van der Waals surface area contributed by atoms with Gasteiger partial charge in [-0.05, 0) is 36.9 Å². The molecule has 0 bridgehead atoms. The molecule has 18 heavy (non-hydrogen) atoms. The third-order valence-corrected chi connectivity index (χ3v) is 3.20. The van der Waals surface area contributed by atoms with Gasteiger partial charge in [0.2, 0.25) is 0 Å².